The lowest BCUT2D eigenvalue weighted by atomic mass is 10.0. The molecule has 28 heavy (non-hydrogen) atoms. The number of methoxy groups -OCH3 is 1. The van der Waals surface area contributed by atoms with Crippen molar-refractivity contribution in [3.63, 3.8) is 0 Å². The summed E-state index contributed by atoms with van der Waals surface area (Å²) in [4.78, 5) is 29.2. The minimum Gasteiger partial charge on any atom is -0.481 e. The van der Waals surface area contributed by atoms with Crippen LogP contribution in [0, 0.1) is 5.92 Å². The lowest BCUT2D eigenvalue weighted by molar-refractivity contribution is 0.0517. The Morgan fingerprint density at radius 1 is 1.32 bits per heavy atom. The fourth-order valence-electron chi connectivity index (χ4n) is 2.92. The van der Waals surface area contributed by atoms with Gasteiger partial charge in [0.25, 0.3) is 0 Å². The van der Waals surface area contributed by atoms with Gasteiger partial charge >= 0.3 is 5.97 Å². The molecule has 0 aromatic carbocycles. The van der Waals surface area contributed by atoms with Gasteiger partial charge in [-0.3, -0.25) is 4.79 Å². The molecule has 0 aliphatic carbocycles. The molecule has 2 heterocycles. The highest BCUT2D eigenvalue weighted by atomic mass is 35.5. The van der Waals surface area contributed by atoms with Crippen LogP contribution in [0.4, 0.5) is 0 Å². The van der Waals surface area contributed by atoms with E-state index in [1.165, 1.54) is 19.4 Å². The average Bonchev–Trinajstić information content (AvgIpc) is 2.64. The van der Waals surface area contributed by atoms with E-state index in [1.807, 2.05) is 13.8 Å². The molecule has 2 aromatic heterocycles. The summed E-state index contributed by atoms with van der Waals surface area (Å²) >= 11 is 12.3. The Kier molecular flexibility index (Phi) is 7.46. The van der Waals surface area contributed by atoms with Crippen LogP contribution in [0.5, 0.6) is 5.88 Å². The molecule has 2 aromatic rings. The van der Waals surface area contributed by atoms with E-state index in [2.05, 4.69) is 4.98 Å². The SMILES string of the molecule is CCOC(=O)c1c(OC)n(C(CO)C(C)C)c(-c2cc(Cl)cnc2Cl)cc1=O. The van der Waals surface area contributed by atoms with Crippen molar-refractivity contribution in [3.8, 4) is 17.1 Å². The van der Waals surface area contributed by atoms with E-state index >= 15 is 0 Å². The van der Waals surface area contributed by atoms with Gasteiger partial charge in [0.2, 0.25) is 11.3 Å². The van der Waals surface area contributed by atoms with Crippen molar-refractivity contribution in [2.45, 2.75) is 26.8 Å². The number of nitrogens with zero attached hydrogens (tertiary/aromatic N) is 2. The molecule has 0 radical (unpaired) electrons. The molecule has 1 N–H and O–H groups in total. The van der Waals surface area contributed by atoms with Gasteiger partial charge in [-0.15, -0.1) is 0 Å². The molecule has 1 unspecified atom stereocenters. The number of halogens is 2. The van der Waals surface area contributed by atoms with Crippen molar-refractivity contribution in [3.05, 3.63) is 44.3 Å². The second-order valence-corrected chi connectivity index (χ2v) is 7.15. The zero-order valence-corrected chi connectivity index (χ0v) is 17.5. The van der Waals surface area contributed by atoms with Crippen molar-refractivity contribution < 1.29 is 19.4 Å². The van der Waals surface area contributed by atoms with Crippen LogP contribution in [0.3, 0.4) is 0 Å². The van der Waals surface area contributed by atoms with Crippen molar-refractivity contribution in [2.24, 2.45) is 5.92 Å². The van der Waals surface area contributed by atoms with Crippen molar-refractivity contribution >= 4 is 29.2 Å². The highest BCUT2D eigenvalue weighted by Gasteiger charge is 2.29. The molecule has 0 aliphatic rings. The minimum absolute atomic E-state index is 0.0234. The van der Waals surface area contributed by atoms with Crippen LogP contribution in [0.15, 0.2) is 23.1 Å². The zero-order chi connectivity index (χ0) is 21.0. The number of aliphatic hydroxyl groups is 1. The Balaban J connectivity index is 2.96. The summed E-state index contributed by atoms with van der Waals surface area (Å²) in [7, 11) is 1.34. The van der Waals surface area contributed by atoms with E-state index in [0.717, 1.165) is 0 Å². The number of carbonyl (C=O) groups excluding carboxylic acids is 1. The summed E-state index contributed by atoms with van der Waals surface area (Å²) in [5.41, 5.74) is -0.155. The number of ether oxygens (including phenoxy) is 2. The van der Waals surface area contributed by atoms with E-state index < -0.39 is 17.4 Å². The van der Waals surface area contributed by atoms with Crippen LogP contribution in [0.1, 0.15) is 37.2 Å². The Morgan fingerprint density at radius 2 is 2.00 bits per heavy atom. The number of rotatable bonds is 7. The smallest absolute Gasteiger partial charge is 0.347 e. The third kappa shape index (κ3) is 4.32. The van der Waals surface area contributed by atoms with Crippen LogP contribution in [0.25, 0.3) is 11.3 Å². The van der Waals surface area contributed by atoms with E-state index in [0.29, 0.717) is 16.3 Å². The number of pyridine rings is 2. The maximum absolute atomic E-state index is 12.8. The minimum atomic E-state index is -0.805. The zero-order valence-electron chi connectivity index (χ0n) is 16.0. The Hall–Kier alpha value is -2.09. The monoisotopic (exact) mass is 428 g/mol. The lowest BCUT2D eigenvalue weighted by Gasteiger charge is -2.29. The summed E-state index contributed by atoms with van der Waals surface area (Å²) in [6.07, 6.45) is 1.38. The first kappa shape index (κ1) is 22.2. The maximum atomic E-state index is 12.8. The van der Waals surface area contributed by atoms with Crippen molar-refractivity contribution in [1.29, 1.82) is 0 Å². The summed E-state index contributed by atoms with van der Waals surface area (Å²) in [5, 5.41) is 10.5. The second kappa shape index (κ2) is 9.41. The first-order valence-corrected chi connectivity index (χ1v) is 9.45. The van der Waals surface area contributed by atoms with Gasteiger partial charge < -0.3 is 19.1 Å². The first-order chi connectivity index (χ1) is 13.3. The van der Waals surface area contributed by atoms with Crippen LogP contribution in [0.2, 0.25) is 10.2 Å². The van der Waals surface area contributed by atoms with Gasteiger partial charge in [-0.05, 0) is 18.9 Å². The normalized spacial score (nSPS) is 12.1. The topological polar surface area (TPSA) is 90.7 Å². The molecule has 0 fully saturated rings. The predicted octanol–water partition coefficient (Wildman–Crippen LogP) is 3.59. The molecule has 1 atom stereocenters. The quantitative estimate of drug-likeness (QED) is 0.535. The van der Waals surface area contributed by atoms with Gasteiger partial charge in [0.1, 0.15) is 5.15 Å². The third-order valence-corrected chi connectivity index (χ3v) is 4.76. The van der Waals surface area contributed by atoms with Crippen molar-refractivity contribution in [1.82, 2.24) is 9.55 Å². The highest BCUT2D eigenvalue weighted by molar-refractivity contribution is 6.34. The Morgan fingerprint density at radius 3 is 2.54 bits per heavy atom. The fourth-order valence-corrected chi connectivity index (χ4v) is 3.28. The molecule has 0 aliphatic heterocycles. The number of aromatic nitrogens is 2. The number of aliphatic hydroxyl groups excluding tert-OH is 1. The molecule has 7 nitrogen and oxygen atoms in total. The maximum Gasteiger partial charge on any atom is 0.347 e. The molecule has 0 saturated carbocycles. The molecule has 0 amide bonds. The Labute approximate surface area is 172 Å². The average molecular weight is 429 g/mol. The summed E-state index contributed by atoms with van der Waals surface area (Å²) in [6, 6.07) is 2.29. The van der Waals surface area contributed by atoms with Gasteiger partial charge in [-0.1, -0.05) is 37.0 Å². The van der Waals surface area contributed by atoms with E-state index in [4.69, 9.17) is 32.7 Å². The van der Waals surface area contributed by atoms with Gasteiger partial charge in [0, 0.05) is 17.8 Å². The fraction of sp³-hybridized carbons (Fsp3) is 0.421. The van der Waals surface area contributed by atoms with Gasteiger partial charge in [0.15, 0.2) is 5.56 Å². The number of hydrogen-bond acceptors (Lipinski definition) is 6. The molecule has 9 heteroatoms. The molecular formula is C19H22Cl2N2O5. The van der Waals surface area contributed by atoms with Gasteiger partial charge in [0.05, 0.1) is 37.1 Å². The number of esters is 1. The second-order valence-electron chi connectivity index (χ2n) is 6.35. The van der Waals surface area contributed by atoms with Crippen molar-refractivity contribution in [2.75, 3.05) is 20.3 Å². The van der Waals surface area contributed by atoms with E-state index in [9.17, 15) is 14.7 Å². The highest BCUT2D eigenvalue weighted by Crippen LogP contribution is 2.36. The predicted molar refractivity (Wildman–Crippen MR) is 107 cm³/mol. The summed E-state index contributed by atoms with van der Waals surface area (Å²) in [5.74, 6) is -0.897. The number of hydrogen-bond donors (Lipinski definition) is 1. The van der Waals surface area contributed by atoms with E-state index in [1.54, 1.807) is 17.6 Å². The third-order valence-electron chi connectivity index (χ3n) is 4.25. The Bertz CT molecular complexity index is 927. The van der Waals surface area contributed by atoms with E-state index in [-0.39, 0.29) is 35.7 Å². The summed E-state index contributed by atoms with van der Waals surface area (Å²) < 4.78 is 12.0. The molecule has 0 bridgehead atoms. The van der Waals surface area contributed by atoms with Gasteiger partial charge in [-0.2, -0.15) is 0 Å². The lowest BCUT2D eigenvalue weighted by Crippen LogP contribution is -2.28. The van der Waals surface area contributed by atoms with Crippen LogP contribution < -0.4 is 10.2 Å². The molecule has 0 spiro atoms. The summed E-state index contributed by atoms with van der Waals surface area (Å²) in [6.45, 7) is 5.26. The number of carbonyl (C=O) groups is 1. The first-order valence-electron chi connectivity index (χ1n) is 8.69. The standard InChI is InChI=1S/C19H22Cl2N2O5/c1-5-28-19(26)16-15(25)7-13(12-6-11(20)8-22-17(12)21)23(18(16)27-4)14(9-24)10(2)3/h6-8,10,14,24H,5,9H2,1-4H3. The molecule has 2 rings (SSSR count). The van der Waals surface area contributed by atoms with Gasteiger partial charge in [-0.25, -0.2) is 9.78 Å². The molecular weight excluding hydrogens is 407 g/mol. The largest absolute Gasteiger partial charge is 0.481 e. The van der Waals surface area contributed by atoms with Crippen LogP contribution in [-0.4, -0.2) is 41.0 Å². The van der Waals surface area contributed by atoms with Crippen LogP contribution in [-0.2, 0) is 4.74 Å². The van der Waals surface area contributed by atoms with Crippen LogP contribution >= 0.6 is 23.2 Å². The molecule has 0 saturated heterocycles. The molecule has 152 valence electrons.